The van der Waals surface area contributed by atoms with E-state index in [9.17, 15) is 19.2 Å². The SMILES string of the molecule is CCOC(=O)C(=O)N(Cc1ccc(C(=O)OCc2ccccc2)cc1)CC1CCN(C(=O)OC(C)(C)C)CC1. The molecule has 0 radical (unpaired) electrons. The Balaban J connectivity index is 1.60. The highest BCUT2D eigenvalue weighted by Crippen LogP contribution is 2.22. The van der Waals surface area contributed by atoms with Crippen molar-refractivity contribution in [2.45, 2.75) is 59.3 Å². The van der Waals surface area contributed by atoms with E-state index in [0.29, 0.717) is 38.0 Å². The number of likely N-dealkylation sites (tertiary alicyclic amines) is 1. The van der Waals surface area contributed by atoms with Crippen LogP contribution in [-0.4, -0.2) is 65.6 Å². The summed E-state index contributed by atoms with van der Waals surface area (Å²) >= 11 is 0. The lowest BCUT2D eigenvalue weighted by molar-refractivity contribution is -0.160. The minimum absolute atomic E-state index is 0.104. The predicted molar refractivity (Wildman–Crippen MR) is 145 cm³/mol. The zero-order valence-corrected chi connectivity index (χ0v) is 23.2. The second kappa shape index (κ2) is 13.8. The third-order valence-corrected chi connectivity index (χ3v) is 6.26. The van der Waals surface area contributed by atoms with Crippen molar-refractivity contribution in [2.24, 2.45) is 5.92 Å². The van der Waals surface area contributed by atoms with E-state index in [4.69, 9.17) is 14.2 Å². The normalized spacial score (nSPS) is 13.9. The minimum Gasteiger partial charge on any atom is -0.459 e. The van der Waals surface area contributed by atoms with Gasteiger partial charge in [0.15, 0.2) is 0 Å². The van der Waals surface area contributed by atoms with Crippen LogP contribution in [-0.2, 0) is 37.0 Å². The number of hydrogen-bond acceptors (Lipinski definition) is 7. The highest BCUT2D eigenvalue weighted by molar-refractivity contribution is 6.32. The molecule has 0 aromatic heterocycles. The molecular weight excluding hydrogens is 500 g/mol. The van der Waals surface area contributed by atoms with Gasteiger partial charge in [-0.1, -0.05) is 42.5 Å². The lowest BCUT2D eigenvalue weighted by Crippen LogP contribution is -2.45. The van der Waals surface area contributed by atoms with Crippen LogP contribution in [0.15, 0.2) is 54.6 Å². The van der Waals surface area contributed by atoms with Crippen molar-refractivity contribution >= 4 is 23.9 Å². The molecule has 9 heteroatoms. The largest absolute Gasteiger partial charge is 0.459 e. The van der Waals surface area contributed by atoms with E-state index in [1.807, 2.05) is 51.1 Å². The van der Waals surface area contributed by atoms with Crippen LogP contribution < -0.4 is 0 Å². The van der Waals surface area contributed by atoms with Crippen molar-refractivity contribution in [3.05, 3.63) is 71.3 Å². The molecule has 1 aliphatic heterocycles. The Morgan fingerprint density at radius 1 is 0.897 bits per heavy atom. The second-order valence-electron chi connectivity index (χ2n) is 10.6. The molecule has 2 aromatic rings. The summed E-state index contributed by atoms with van der Waals surface area (Å²) in [5.74, 6) is -1.95. The van der Waals surface area contributed by atoms with E-state index in [-0.39, 0.29) is 31.8 Å². The summed E-state index contributed by atoms with van der Waals surface area (Å²) in [6, 6.07) is 16.2. The molecule has 2 amide bonds. The van der Waals surface area contributed by atoms with Crippen molar-refractivity contribution in [3.8, 4) is 0 Å². The van der Waals surface area contributed by atoms with E-state index < -0.39 is 23.4 Å². The monoisotopic (exact) mass is 538 g/mol. The van der Waals surface area contributed by atoms with E-state index in [1.54, 1.807) is 36.1 Å². The van der Waals surface area contributed by atoms with Gasteiger partial charge in [-0.3, -0.25) is 4.79 Å². The summed E-state index contributed by atoms with van der Waals surface area (Å²) in [5.41, 5.74) is 1.49. The number of hydrogen-bond donors (Lipinski definition) is 0. The molecule has 1 saturated heterocycles. The Hall–Kier alpha value is -3.88. The lowest BCUT2D eigenvalue weighted by Gasteiger charge is -2.35. The van der Waals surface area contributed by atoms with Crippen LogP contribution in [0.25, 0.3) is 0 Å². The number of esters is 2. The molecule has 0 bridgehead atoms. The van der Waals surface area contributed by atoms with Gasteiger partial charge in [0, 0.05) is 26.2 Å². The van der Waals surface area contributed by atoms with Gasteiger partial charge in [-0.15, -0.1) is 0 Å². The van der Waals surface area contributed by atoms with Crippen molar-refractivity contribution in [1.82, 2.24) is 9.80 Å². The molecule has 3 rings (SSSR count). The molecule has 0 atom stereocenters. The van der Waals surface area contributed by atoms with Gasteiger partial charge >= 0.3 is 23.9 Å². The maximum Gasteiger partial charge on any atom is 0.410 e. The molecule has 39 heavy (non-hydrogen) atoms. The topological polar surface area (TPSA) is 102 Å². The van der Waals surface area contributed by atoms with Crippen molar-refractivity contribution in [2.75, 3.05) is 26.2 Å². The fraction of sp³-hybridized carbons (Fsp3) is 0.467. The standard InChI is InChI=1S/C30H38N2O7/c1-5-37-28(35)26(33)32(20-23-15-17-31(18-16-23)29(36)39-30(2,3)4)19-22-11-13-25(14-12-22)27(34)38-21-24-9-7-6-8-10-24/h6-14,23H,5,15-21H2,1-4H3. The lowest BCUT2D eigenvalue weighted by atomic mass is 9.96. The highest BCUT2D eigenvalue weighted by Gasteiger charge is 2.30. The Morgan fingerprint density at radius 2 is 1.54 bits per heavy atom. The van der Waals surface area contributed by atoms with Gasteiger partial charge in [0.2, 0.25) is 0 Å². The smallest absolute Gasteiger partial charge is 0.410 e. The third kappa shape index (κ3) is 9.42. The van der Waals surface area contributed by atoms with E-state index in [1.165, 1.54) is 4.90 Å². The van der Waals surface area contributed by atoms with E-state index in [0.717, 1.165) is 11.1 Å². The molecule has 2 aromatic carbocycles. The van der Waals surface area contributed by atoms with Gasteiger partial charge in [-0.25, -0.2) is 14.4 Å². The zero-order chi connectivity index (χ0) is 28.4. The first kappa shape index (κ1) is 29.7. The molecule has 0 saturated carbocycles. The van der Waals surface area contributed by atoms with Crippen LogP contribution in [0.2, 0.25) is 0 Å². The number of amides is 2. The fourth-order valence-electron chi connectivity index (χ4n) is 4.25. The Labute approximate surface area is 230 Å². The molecule has 0 unspecified atom stereocenters. The summed E-state index contributed by atoms with van der Waals surface area (Å²) in [6.07, 6.45) is 1.01. The molecule has 210 valence electrons. The number of rotatable bonds is 8. The number of benzene rings is 2. The van der Waals surface area contributed by atoms with Crippen molar-refractivity contribution in [3.63, 3.8) is 0 Å². The van der Waals surface area contributed by atoms with Crippen LogP contribution in [0, 0.1) is 5.92 Å². The molecule has 1 aliphatic rings. The van der Waals surface area contributed by atoms with Gasteiger partial charge in [0.05, 0.1) is 12.2 Å². The first-order chi connectivity index (χ1) is 18.6. The average molecular weight is 539 g/mol. The highest BCUT2D eigenvalue weighted by atomic mass is 16.6. The van der Waals surface area contributed by atoms with Crippen LogP contribution >= 0.6 is 0 Å². The molecular formula is C30H38N2O7. The molecule has 9 nitrogen and oxygen atoms in total. The molecule has 1 heterocycles. The second-order valence-corrected chi connectivity index (χ2v) is 10.6. The van der Waals surface area contributed by atoms with Crippen LogP contribution in [0.3, 0.4) is 0 Å². The molecule has 0 spiro atoms. The van der Waals surface area contributed by atoms with Crippen molar-refractivity contribution < 1.29 is 33.4 Å². The van der Waals surface area contributed by atoms with Gasteiger partial charge in [0.1, 0.15) is 12.2 Å². The number of piperidine rings is 1. The Morgan fingerprint density at radius 3 is 2.13 bits per heavy atom. The zero-order valence-electron chi connectivity index (χ0n) is 23.2. The van der Waals surface area contributed by atoms with Gasteiger partial charge in [0.25, 0.3) is 0 Å². The summed E-state index contributed by atoms with van der Waals surface area (Å²) in [6.45, 7) is 8.98. The van der Waals surface area contributed by atoms with Gasteiger partial charge < -0.3 is 24.0 Å². The molecule has 0 aliphatic carbocycles. The predicted octanol–water partition coefficient (Wildman–Crippen LogP) is 4.58. The quantitative estimate of drug-likeness (QED) is 0.275. The van der Waals surface area contributed by atoms with Crippen molar-refractivity contribution in [1.29, 1.82) is 0 Å². The van der Waals surface area contributed by atoms with E-state index in [2.05, 4.69) is 0 Å². The number of carbonyl (C=O) groups excluding carboxylic acids is 4. The average Bonchev–Trinajstić information content (AvgIpc) is 2.91. The first-order valence-corrected chi connectivity index (χ1v) is 13.3. The van der Waals surface area contributed by atoms with Crippen LogP contribution in [0.5, 0.6) is 0 Å². The number of nitrogens with zero attached hydrogens (tertiary/aromatic N) is 2. The van der Waals surface area contributed by atoms with Gasteiger partial charge in [-0.05, 0) is 69.7 Å². The Bertz CT molecular complexity index is 1120. The number of carbonyl (C=O) groups is 4. The molecule has 1 fully saturated rings. The maximum absolute atomic E-state index is 12.9. The summed E-state index contributed by atoms with van der Waals surface area (Å²) in [5, 5.41) is 0. The first-order valence-electron chi connectivity index (χ1n) is 13.3. The summed E-state index contributed by atoms with van der Waals surface area (Å²) in [7, 11) is 0. The Kier molecular flexibility index (Phi) is 10.5. The summed E-state index contributed by atoms with van der Waals surface area (Å²) < 4.78 is 15.8. The van der Waals surface area contributed by atoms with Crippen LogP contribution in [0.1, 0.15) is 62.0 Å². The number of ether oxygens (including phenoxy) is 3. The van der Waals surface area contributed by atoms with Gasteiger partial charge in [-0.2, -0.15) is 0 Å². The minimum atomic E-state index is -0.898. The fourth-order valence-corrected chi connectivity index (χ4v) is 4.25. The van der Waals surface area contributed by atoms with Crippen LogP contribution in [0.4, 0.5) is 4.79 Å². The third-order valence-electron chi connectivity index (χ3n) is 6.26. The molecule has 0 N–H and O–H groups in total. The van der Waals surface area contributed by atoms with E-state index >= 15 is 0 Å². The maximum atomic E-state index is 12.9. The summed E-state index contributed by atoms with van der Waals surface area (Å²) in [4.78, 5) is 53.2.